The third-order valence-corrected chi connectivity index (χ3v) is 7.55. The van der Waals surface area contributed by atoms with Gasteiger partial charge in [0.2, 0.25) is 15.9 Å². The average molecular weight is 584 g/mol. The summed E-state index contributed by atoms with van der Waals surface area (Å²) in [4.78, 5) is 47.7. The summed E-state index contributed by atoms with van der Waals surface area (Å²) in [5, 5.41) is 14.9. The maximum absolute atomic E-state index is 13.3. The van der Waals surface area contributed by atoms with Crippen LogP contribution in [0.5, 0.6) is 0 Å². The predicted molar refractivity (Wildman–Crippen MR) is 152 cm³/mol. The molecule has 3 amide bonds. The normalized spacial score (nSPS) is 17.7. The molecule has 0 spiro atoms. The number of anilines is 2. The number of likely N-dealkylation sites (tertiary alicyclic amines) is 1. The highest BCUT2D eigenvalue weighted by atomic mass is 32.2. The summed E-state index contributed by atoms with van der Waals surface area (Å²) in [5.41, 5.74) is 3.26. The number of carboxylic acids is 1. The van der Waals surface area contributed by atoms with E-state index in [2.05, 4.69) is 25.3 Å². The molecule has 1 fully saturated rings. The Morgan fingerprint density at radius 3 is 2.54 bits per heavy atom. The van der Waals surface area contributed by atoms with Crippen molar-refractivity contribution in [1.29, 1.82) is 0 Å². The lowest BCUT2D eigenvalue weighted by Crippen LogP contribution is -2.42. The van der Waals surface area contributed by atoms with Crippen LogP contribution in [0, 0.1) is 12.8 Å². The molecule has 41 heavy (non-hydrogen) atoms. The van der Waals surface area contributed by atoms with E-state index in [4.69, 9.17) is 0 Å². The van der Waals surface area contributed by atoms with Crippen LogP contribution in [0.4, 0.5) is 16.2 Å². The number of aliphatic carboxylic acids is 1. The number of sulfonamides is 1. The molecule has 13 nitrogen and oxygen atoms in total. The number of amides is 3. The van der Waals surface area contributed by atoms with Gasteiger partial charge in [-0.2, -0.15) is 4.72 Å². The smallest absolute Gasteiger partial charge is 0.323 e. The Balaban J connectivity index is 1.37. The molecule has 1 aliphatic heterocycles. The Hall–Kier alpha value is -4.30. The van der Waals surface area contributed by atoms with E-state index in [0.717, 1.165) is 18.2 Å². The van der Waals surface area contributed by atoms with E-state index in [-0.39, 0.29) is 30.8 Å². The van der Waals surface area contributed by atoms with Crippen LogP contribution < -0.4 is 15.4 Å². The van der Waals surface area contributed by atoms with E-state index in [9.17, 15) is 27.9 Å². The summed E-state index contributed by atoms with van der Waals surface area (Å²) in [7, 11) is -3.73. The number of pyridine rings is 1. The summed E-state index contributed by atoms with van der Waals surface area (Å²) in [6, 6.07) is 8.72. The van der Waals surface area contributed by atoms with Crippen LogP contribution in [0.25, 0.3) is 0 Å². The second-order valence-electron chi connectivity index (χ2n) is 10.2. The lowest BCUT2D eigenvalue weighted by atomic mass is 10.0. The highest BCUT2D eigenvalue weighted by Crippen LogP contribution is 2.36. The minimum atomic E-state index is -3.73. The van der Waals surface area contributed by atoms with E-state index in [1.807, 2.05) is 38.1 Å². The summed E-state index contributed by atoms with van der Waals surface area (Å²) in [5.74, 6) is -1.34. The molecule has 1 aliphatic rings. The number of carbonyl (C=O) groups is 3. The number of benzene rings is 1. The van der Waals surface area contributed by atoms with Crippen molar-refractivity contribution in [3.8, 4) is 0 Å². The van der Waals surface area contributed by atoms with Crippen molar-refractivity contribution in [2.75, 3.05) is 23.4 Å². The van der Waals surface area contributed by atoms with Crippen LogP contribution in [-0.4, -0.2) is 69.7 Å². The number of para-hydroxylation sites is 1. The van der Waals surface area contributed by atoms with Gasteiger partial charge in [-0.25, -0.2) is 18.2 Å². The van der Waals surface area contributed by atoms with Gasteiger partial charge in [-0.1, -0.05) is 25.1 Å². The fraction of sp³-hybridized carbons (Fsp3) is 0.370. The second-order valence-corrected chi connectivity index (χ2v) is 12.0. The highest BCUT2D eigenvalue weighted by molar-refractivity contribution is 7.88. The van der Waals surface area contributed by atoms with Crippen molar-refractivity contribution in [3.63, 3.8) is 0 Å². The number of aromatic nitrogens is 3. The van der Waals surface area contributed by atoms with Gasteiger partial charge in [0, 0.05) is 24.1 Å². The molecule has 1 saturated heterocycles. The second kappa shape index (κ2) is 12.5. The first-order valence-corrected chi connectivity index (χ1v) is 14.9. The van der Waals surface area contributed by atoms with Gasteiger partial charge >= 0.3 is 12.0 Å². The standard InChI is InChI=1S/C27H33N7O6S/c1-17-6-4-5-7-21(17)31-27(38)30-20-9-8-19(28-13-20)12-24(35)34-11-10-18(2)25(34)22-14-33(16-29-22)15-23(26(36)37)32-41(3,39)40/h4-9,13-14,16,18,23,25,32H,10-12,15H2,1-3H3,(H,36,37)(H2,30,31,38). The zero-order valence-corrected chi connectivity index (χ0v) is 23.8. The highest BCUT2D eigenvalue weighted by Gasteiger charge is 2.37. The van der Waals surface area contributed by atoms with Crippen LogP contribution in [0.15, 0.2) is 55.1 Å². The summed E-state index contributed by atoms with van der Waals surface area (Å²) in [6.45, 7) is 4.29. The zero-order valence-electron chi connectivity index (χ0n) is 22.9. The molecule has 14 heteroatoms. The number of nitrogens with zero attached hydrogens (tertiary/aromatic N) is 4. The monoisotopic (exact) mass is 583 g/mol. The lowest BCUT2D eigenvalue weighted by molar-refractivity contribution is -0.139. The fourth-order valence-corrected chi connectivity index (χ4v) is 5.49. The summed E-state index contributed by atoms with van der Waals surface area (Å²) >= 11 is 0. The number of aryl methyl sites for hydroxylation is 1. The van der Waals surface area contributed by atoms with Gasteiger partial charge in [-0.05, 0) is 43.0 Å². The van der Waals surface area contributed by atoms with E-state index in [1.54, 1.807) is 23.2 Å². The number of hydrogen-bond acceptors (Lipinski definition) is 7. The Kier molecular flexibility index (Phi) is 9.03. The van der Waals surface area contributed by atoms with Crippen molar-refractivity contribution in [2.45, 2.75) is 45.3 Å². The number of nitrogens with one attached hydrogen (secondary N) is 3. The topological polar surface area (TPSA) is 176 Å². The van der Waals surface area contributed by atoms with Crippen LogP contribution >= 0.6 is 0 Å². The molecule has 4 rings (SSSR count). The number of carbonyl (C=O) groups excluding carboxylic acids is 2. The molecule has 218 valence electrons. The lowest BCUT2D eigenvalue weighted by Gasteiger charge is -2.25. The number of carboxylic acid groups (broad SMARTS) is 1. The quantitative estimate of drug-likeness (QED) is 0.281. The van der Waals surface area contributed by atoms with E-state index < -0.39 is 28.1 Å². The van der Waals surface area contributed by atoms with Crippen molar-refractivity contribution in [1.82, 2.24) is 24.2 Å². The zero-order chi connectivity index (χ0) is 29.7. The van der Waals surface area contributed by atoms with Gasteiger partial charge in [0.15, 0.2) is 0 Å². The first-order valence-electron chi connectivity index (χ1n) is 13.0. The van der Waals surface area contributed by atoms with Gasteiger partial charge in [0.25, 0.3) is 0 Å². The summed E-state index contributed by atoms with van der Waals surface area (Å²) < 4.78 is 26.7. The molecule has 0 saturated carbocycles. The van der Waals surface area contributed by atoms with E-state index in [0.29, 0.717) is 29.3 Å². The van der Waals surface area contributed by atoms with Gasteiger partial charge < -0.3 is 25.2 Å². The minimum absolute atomic E-state index is 0.0545. The molecule has 0 radical (unpaired) electrons. The third-order valence-electron chi connectivity index (χ3n) is 6.83. The molecule has 0 aliphatic carbocycles. The number of urea groups is 1. The van der Waals surface area contributed by atoms with Crippen molar-refractivity contribution >= 4 is 39.3 Å². The number of hydrogen-bond donors (Lipinski definition) is 4. The molecule has 4 N–H and O–H groups in total. The predicted octanol–water partition coefficient (Wildman–Crippen LogP) is 2.39. The Morgan fingerprint density at radius 2 is 1.88 bits per heavy atom. The van der Waals surface area contributed by atoms with Crippen LogP contribution in [-0.2, 0) is 32.6 Å². The summed E-state index contributed by atoms with van der Waals surface area (Å²) in [6.07, 6.45) is 6.30. The van der Waals surface area contributed by atoms with Crippen LogP contribution in [0.2, 0.25) is 0 Å². The van der Waals surface area contributed by atoms with Crippen molar-refractivity contribution in [3.05, 3.63) is 72.1 Å². The van der Waals surface area contributed by atoms with Crippen LogP contribution in [0.1, 0.15) is 36.3 Å². The Labute approximate surface area is 238 Å². The first-order chi connectivity index (χ1) is 19.4. The molecule has 3 atom stereocenters. The van der Waals surface area contributed by atoms with Gasteiger partial charge in [0.05, 0.1) is 49.2 Å². The molecule has 3 aromatic rings. The maximum Gasteiger partial charge on any atom is 0.323 e. The molecule has 2 aromatic heterocycles. The fourth-order valence-electron chi connectivity index (χ4n) is 4.80. The maximum atomic E-state index is 13.3. The molecule has 3 unspecified atom stereocenters. The SMILES string of the molecule is Cc1ccccc1NC(=O)Nc1ccc(CC(=O)N2CCC(C)C2c2cn(CC(NS(C)(=O)=O)C(=O)O)cn2)nc1. The van der Waals surface area contributed by atoms with Crippen molar-refractivity contribution in [2.24, 2.45) is 5.92 Å². The van der Waals surface area contributed by atoms with Crippen LogP contribution in [0.3, 0.4) is 0 Å². The van der Waals surface area contributed by atoms with Gasteiger partial charge in [0.1, 0.15) is 6.04 Å². The molecule has 1 aromatic carbocycles. The Morgan fingerprint density at radius 1 is 1.12 bits per heavy atom. The Bertz CT molecular complexity index is 1520. The van der Waals surface area contributed by atoms with E-state index >= 15 is 0 Å². The van der Waals surface area contributed by atoms with Crippen molar-refractivity contribution < 1.29 is 27.9 Å². The molecular weight excluding hydrogens is 550 g/mol. The minimum Gasteiger partial charge on any atom is -0.480 e. The number of imidazole rings is 1. The molecule has 0 bridgehead atoms. The largest absolute Gasteiger partial charge is 0.480 e. The average Bonchev–Trinajstić information content (AvgIpc) is 3.51. The van der Waals surface area contributed by atoms with Gasteiger partial charge in [-0.3, -0.25) is 14.6 Å². The molecule has 3 heterocycles. The third kappa shape index (κ3) is 7.89. The molecular formula is C27H33N7O6S. The van der Waals surface area contributed by atoms with E-state index in [1.165, 1.54) is 17.1 Å². The van der Waals surface area contributed by atoms with Gasteiger partial charge in [-0.15, -0.1) is 0 Å². The number of rotatable bonds is 10. The first kappa shape index (κ1) is 29.7.